The quantitative estimate of drug-likeness (QED) is 0.388. The lowest BCUT2D eigenvalue weighted by Crippen LogP contribution is -2.14. The molecule has 14 heteroatoms. The Morgan fingerprint density at radius 3 is 2.33 bits per heavy atom. The molecule has 0 saturated carbocycles. The Morgan fingerprint density at radius 1 is 1.07 bits per heavy atom. The molecule has 0 radical (unpaired) electrons. The van der Waals surface area contributed by atoms with E-state index >= 15 is 0 Å². The summed E-state index contributed by atoms with van der Waals surface area (Å²) in [5.74, 6) is -1.81. The second-order valence-electron chi connectivity index (χ2n) is 5.40. The van der Waals surface area contributed by atoms with Crippen molar-refractivity contribution in [3.05, 3.63) is 47.5 Å². The van der Waals surface area contributed by atoms with Crippen LogP contribution in [0.1, 0.15) is 0 Å². The Kier molecular flexibility index (Phi) is 3.81. The number of nitrogens with one attached hydrogen (secondary N) is 2. The molecule has 2 heterocycles. The molecule has 27 heavy (non-hydrogen) atoms. The maximum Gasteiger partial charge on any atom is 0.310 e. The SMILES string of the molecule is O=S(=O)(Nc1ccc(S(F)(F)(F)(F)F)cc1F)c1c[nH]c2nc(Cl)ccc12. The Morgan fingerprint density at radius 2 is 1.74 bits per heavy atom. The molecule has 0 aliphatic heterocycles. The summed E-state index contributed by atoms with van der Waals surface area (Å²) in [7, 11) is -14.6. The van der Waals surface area contributed by atoms with Crippen molar-refractivity contribution >= 4 is 48.6 Å². The van der Waals surface area contributed by atoms with E-state index in [1.165, 1.54) is 12.1 Å². The van der Waals surface area contributed by atoms with E-state index in [0.29, 0.717) is 0 Å². The Hall–Kier alpha value is -2.12. The van der Waals surface area contributed by atoms with Crippen LogP contribution in [0.15, 0.2) is 46.3 Å². The lowest BCUT2D eigenvalue weighted by atomic mass is 10.3. The van der Waals surface area contributed by atoms with Crippen LogP contribution in [0.3, 0.4) is 0 Å². The highest BCUT2D eigenvalue weighted by Crippen LogP contribution is 3.02. The molecule has 2 N–H and O–H groups in total. The number of aromatic amines is 1. The van der Waals surface area contributed by atoms with Crippen LogP contribution in [-0.4, -0.2) is 18.4 Å². The Labute approximate surface area is 153 Å². The highest BCUT2D eigenvalue weighted by atomic mass is 35.5. The van der Waals surface area contributed by atoms with Crippen LogP contribution in [0, 0.1) is 5.82 Å². The van der Waals surface area contributed by atoms with E-state index in [9.17, 15) is 32.2 Å². The number of anilines is 1. The number of benzene rings is 1. The Bertz CT molecular complexity index is 1180. The summed E-state index contributed by atoms with van der Waals surface area (Å²) in [4.78, 5) is 3.49. The van der Waals surface area contributed by atoms with Crippen LogP contribution in [0.25, 0.3) is 11.0 Å². The van der Waals surface area contributed by atoms with Gasteiger partial charge < -0.3 is 4.98 Å². The van der Waals surface area contributed by atoms with Gasteiger partial charge in [-0.1, -0.05) is 31.0 Å². The minimum Gasteiger partial charge on any atom is -0.345 e. The molecule has 0 aliphatic carbocycles. The van der Waals surface area contributed by atoms with Crippen molar-refractivity contribution in [1.29, 1.82) is 0 Å². The Balaban J connectivity index is 2.01. The summed E-state index contributed by atoms with van der Waals surface area (Å²) < 4.78 is 104. The minimum absolute atomic E-state index is 0.0684. The third kappa shape index (κ3) is 3.94. The summed E-state index contributed by atoms with van der Waals surface area (Å²) in [6, 6.07) is 2.31. The number of H-pyrrole nitrogens is 1. The van der Waals surface area contributed by atoms with E-state index < -0.39 is 47.6 Å². The maximum atomic E-state index is 13.9. The van der Waals surface area contributed by atoms with E-state index in [1.54, 1.807) is 4.72 Å². The topological polar surface area (TPSA) is 74.8 Å². The number of pyridine rings is 1. The van der Waals surface area contributed by atoms with E-state index in [-0.39, 0.29) is 28.3 Å². The van der Waals surface area contributed by atoms with Gasteiger partial charge in [-0.2, -0.15) is 0 Å². The van der Waals surface area contributed by atoms with E-state index in [1.807, 2.05) is 0 Å². The molecule has 0 spiro atoms. The van der Waals surface area contributed by atoms with Crippen LogP contribution in [0.4, 0.5) is 29.5 Å². The number of halogens is 7. The maximum absolute atomic E-state index is 13.9. The van der Waals surface area contributed by atoms with Gasteiger partial charge in [-0.15, -0.1) is 0 Å². The molecule has 0 saturated heterocycles. The minimum atomic E-state index is -10.1. The van der Waals surface area contributed by atoms with Crippen molar-refractivity contribution in [2.45, 2.75) is 9.79 Å². The predicted octanol–water partition coefficient (Wildman–Crippen LogP) is 5.81. The molecular weight excluding hydrogens is 444 g/mol. The molecule has 0 bridgehead atoms. The summed E-state index contributed by atoms with van der Waals surface area (Å²) in [6.07, 6.45) is 1.01. The van der Waals surface area contributed by atoms with Gasteiger partial charge in [0.25, 0.3) is 10.0 Å². The van der Waals surface area contributed by atoms with Crippen molar-refractivity contribution in [3.63, 3.8) is 0 Å². The first kappa shape index (κ1) is 19.6. The molecular formula is C13H8ClF6N3O2S2. The predicted molar refractivity (Wildman–Crippen MR) is 89.7 cm³/mol. The fourth-order valence-electron chi connectivity index (χ4n) is 2.20. The van der Waals surface area contributed by atoms with Gasteiger partial charge in [0.15, 0.2) is 0 Å². The largest absolute Gasteiger partial charge is 0.345 e. The third-order valence-electron chi connectivity index (χ3n) is 3.39. The van der Waals surface area contributed by atoms with Crippen LogP contribution in [0.2, 0.25) is 5.15 Å². The second-order valence-corrected chi connectivity index (χ2v) is 9.85. The van der Waals surface area contributed by atoms with Gasteiger partial charge in [-0.3, -0.25) is 4.72 Å². The van der Waals surface area contributed by atoms with E-state index in [2.05, 4.69) is 9.97 Å². The standard InChI is InChI=1S/C13H8ClF6N3O2S2/c14-12-4-2-8-11(6-21-13(8)22-12)26(24,25)23-10-3-1-7(5-9(10)15)27(16,17,18,19)20/h1-6,23H,(H,21,22). The number of hydrogen-bond donors (Lipinski definition) is 2. The number of aromatic nitrogens is 2. The zero-order valence-electron chi connectivity index (χ0n) is 12.7. The normalized spacial score (nSPS) is 15.4. The zero-order valence-corrected chi connectivity index (χ0v) is 15.1. The summed E-state index contributed by atoms with van der Waals surface area (Å²) in [5.41, 5.74) is -0.837. The molecule has 3 aromatic rings. The van der Waals surface area contributed by atoms with Gasteiger partial charge in [-0.05, 0) is 30.3 Å². The summed E-state index contributed by atoms with van der Waals surface area (Å²) >= 11 is 5.67. The lowest BCUT2D eigenvalue weighted by Gasteiger charge is -2.40. The molecule has 1 aromatic carbocycles. The van der Waals surface area contributed by atoms with Crippen LogP contribution >= 0.6 is 21.8 Å². The van der Waals surface area contributed by atoms with Crippen molar-refractivity contribution in [2.24, 2.45) is 0 Å². The van der Waals surface area contributed by atoms with Gasteiger partial charge >= 0.3 is 10.2 Å². The smallest absolute Gasteiger partial charge is 0.310 e. The van der Waals surface area contributed by atoms with Gasteiger partial charge in [0, 0.05) is 11.6 Å². The molecule has 2 aromatic heterocycles. The highest BCUT2D eigenvalue weighted by molar-refractivity contribution is 8.45. The average Bonchev–Trinajstić information content (AvgIpc) is 2.90. The lowest BCUT2D eigenvalue weighted by molar-refractivity contribution is 0.363. The van der Waals surface area contributed by atoms with Gasteiger partial charge in [-0.25, -0.2) is 17.8 Å². The van der Waals surface area contributed by atoms with Crippen molar-refractivity contribution in [3.8, 4) is 0 Å². The number of rotatable bonds is 4. The molecule has 0 aliphatic rings. The first-order valence-electron chi connectivity index (χ1n) is 6.77. The molecule has 0 atom stereocenters. The summed E-state index contributed by atoms with van der Waals surface area (Å²) in [5, 5.41) is 0.148. The van der Waals surface area contributed by atoms with Gasteiger partial charge in [0.1, 0.15) is 26.4 Å². The first-order valence-corrected chi connectivity index (χ1v) is 10.6. The molecule has 5 nitrogen and oxygen atoms in total. The van der Waals surface area contributed by atoms with Gasteiger partial charge in [0.2, 0.25) is 0 Å². The number of hydrogen-bond acceptors (Lipinski definition) is 3. The fraction of sp³-hybridized carbons (Fsp3) is 0. The van der Waals surface area contributed by atoms with E-state index in [4.69, 9.17) is 11.6 Å². The third-order valence-corrected chi connectivity index (χ3v) is 6.15. The molecule has 0 amide bonds. The molecule has 0 fully saturated rings. The molecule has 0 unspecified atom stereocenters. The molecule has 148 valence electrons. The van der Waals surface area contributed by atoms with Crippen LogP contribution in [0.5, 0.6) is 0 Å². The monoisotopic (exact) mass is 451 g/mol. The summed E-state index contributed by atoms with van der Waals surface area (Å²) in [6.45, 7) is 0. The average molecular weight is 452 g/mol. The number of nitrogens with zero attached hydrogens (tertiary/aromatic N) is 1. The van der Waals surface area contributed by atoms with Crippen molar-refractivity contribution in [2.75, 3.05) is 4.72 Å². The first-order chi connectivity index (χ1) is 12.1. The highest BCUT2D eigenvalue weighted by Gasteiger charge is 2.65. The van der Waals surface area contributed by atoms with E-state index in [0.717, 1.165) is 6.20 Å². The fourth-order valence-corrected chi connectivity index (χ4v) is 4.23. The van der Waals surface area contributed by atoms with Gasteiger partial charge in [0.05, 0.1) is 5.69 Å². The van der Waals surface area contributed by atoms with Crippen LogP contribution in [-0.2, 0) is 10.0 Å². The zero-order chi connectivity index (χ0) is 20.3. The number of sulfonamides is 1. The van der Waals surface area contributed by atoms with Crippen LogP contribution < -0.4 is 4.72 Å². The van der Waals surface area contributed by atoms with Crippen molar-refractivity contribution < 1.29 is 32.2 Å². The van der Waals surface area contributed by atoms with Crippen molar-refractivity contribution in [1.82, 2.24) is 9.97 Å². The second kappa shape index (κ2) is 5.23. The number of fused-ring (bicyclic) bond motifs is 1. The molecule has 3 rings (SSSR count).